The van der Waals surface area contributed by atoms with Crippen LogP contribution in [-0.4, -0.2) is 15.6 Å². The summed E-state index contributed by atoms with van der Waals surface area (Å²) in [6, 6.07) is 6.70. The molecule has 0 saturated carbocycles. The lowest BCUT2D eigenvalue weighted by molar-refractivity contribution is -0.123. The quantitative estimate of drug-likeness (QED) is 0.887. The Bertz CT molecular complexity index is 620. The van der Waals surface area contributed by atoms with Crippen LogP contribution in [-0.2, 0) is 18.4 Å². The van der Waals surface area contributed by atoms with Crippen molar-refractivity contribution in [3.05, 3.63) is 57.8 Å². The number of nitrogens with zero attached hydrogens (tertiary/aromatic N) is 1. The van der Waals surface area contributed by atoms with Gasteiger partial charge in [-0.05, 0) is 35.4 Å². The fraction of sp³-hybridized carbons (Fsp3) is 0.267. The van der Waals surface area contributed by atoms with E-state index in [0.29, 0.717) is 22.2 Å². The molecule has 2 rings (SSSR count). The lowest BCUT2D eigenvalue weighted by Gasteiger charge is -2.12. The van der Waals surface area contributed by atoms with Gasteiger partial charge < -0.3 is 15.0 Å². The fourth-order valence-corrected chi connectivity index (χ4v) is 2.54. The molecule has 0 bridgehead atoms. The Balaban J connectivity index is 1.89. The predicted octanol–water partition coefficient (Wildman–Crippen LogP) is 3.07. The van der Waals surface area contributed by atoms with Crippen LogP contribution < -0.4 is 5.32 Å². The zero-order chi connectivity index (χ0) is 15.4. The monoisotopic (exact) mass is 326 g/mol. The first-order chi connectivity index (χ1) is 9.94. The van der Waals surface area contributed by atoms with Crippen molar-refractivity contribution in [2.45, 2.75) is 19.1 Å². The number of aromatic nitrogens is 1. The summed E-state index contributed by atoms with van der Waals surface area (Å²) < 4.78 is 1.91. The van der Waals surface area contributed by atoms with Gasteiger partial charge in [-0.2, -0.15) is 0 Å². The summed E-state index contributed by atoms with van der Waals surface area (Å²) in [6.45, 7) is 0.433. The molecule has 0 saturated heterocycles. The summed E-state index contributed by atoms with van der Waals surface area (Å²) in [5.74, 6) is -0.234. The Morgan fingerprint density at radius 3 is 2.57 bits per heavy atom. The van der Waals surface area contributed by atoms with Gasteiger partial charge in [0.1, 0.15) is 0 Å². The summed E-state index contributed by atoms with van der Waals surface area (Å²) in [4.78, 5) is 11.8. The van der Waals surface area contributed by atoms with Crippen LogP contribution in [0.25, 0.3) is 0 Å². The Morgan fingerprint density at radius 2 is 2.00 bits per heavy atom. The van der Waals surface area contributed by atoms with Crippen molar-refractivity contribution in [2.24, 2.45) is 7.05 Å². The van der Waals surface area contributed by atoms with Gasteiger partial charge in [-0.3, -0.25) is 4.79 Å². The molecule has 4 nitrogen and oxygen atoms in total. The molecular formula is C15H16Cl2N2O2. The number of nitrogens with one attached hydrogen (secondary N) is 1. The zero-order valence-electron chi connectivity index (χ0n) is 11.5. The van der Waals surface area contributed by atoms with Crippen LogP contribution in [0.5, 0.6) is 0 Å². The lowest BCUT2D eigenvalue weighted by atomic mass is 10.1. The maximum atomic E-state index is 11.8. The molecule has 6 heteroatoms. The third kappa shape index (κ3) is 4.77. The van der Waals surface area contributed by atoms with Crippen molar-refractivity contribution in [2.75, 3.05) is 0 Å². The normalized spacial score (nSPS) is 12.2. The average Bonchev–Trinajstić information content (AvgIpc) is 2.81. The number of halogens is 2. The van der Waals surface area contributed by atoms with Crippen molar-refractivity contribution in [3.63, 3.8) is 0 Å². The smallest absolute Gasteiger partial charge is 0.223 e. The van der Waals surface area contributed by atoms with Gasteiger partial charge in [0.05, 0.1) is 12.5 Å². The van der Waals surface area contributed by atoms with Crippen LogP contribution in [0.15, 0.2) is 36.7 Å². The first-order valence-electron chi connectivity index (χ1n) is 6.45. The number of aliphatic hydroxyl groups excluding tert-OH is 1. The fourth-order valence-electron chi connectivity index (χ4n) is 2.00. The number of benzene rings is 1. The van der Waals surface area contributed by atoms with E-state index in [1.807, 2.05) is 30.1 Å². The van der Waals surface area contributed by atoms with Crippen molar-refractivity contribution >= 4 is 29.1 Å². The van der Waals surface area contributed by atoms with E-state index in [1.54, 1.807) is 18.2 Å². The molecule has 112 valence electrons. The summed E-state index contributed by atoms with van der Waals surface area (Å²) in [5, 5.41) is 13.7. The minimum absolute atomic E-state index is 0.0382. The number of rotatable bonds is 5. The molecule has 0 radical (unpaired) electrons. The molecule has 1 atom stereocenters. The summed E-state index contributed by atoms with van der Waals surface area (Å²) in [5.41, 5.74) is 1.54. The molecule has 2 N–H and O–H groups in total. The van der Waals surface area contributed by atoms with E-state index in [4.69, 9.17) is 23.2 Å². The number of aliphatic hydroxyl groups is 1. The third-order valence-corrected chi connectivity index (χ3v) is 3.47. The van der Waals surface area contributed by atoms with Crippen LogP contribution in [0.4, 0.5) is 0 Å². The third-order valence-electron chi connectivity index (χ3n) is 3.03. The van der Waals surface area contributed by atoms with Crippen molar-refractivity contribution in [1.82, 2.24) is 9.88 Å². The van der Waals surface area contributed by atoms with Crippen molar-refractivity contribution in [3.8, 4) is 0 Å². The van der Waals surface area contributed by atoms with E-state index in [-0.39, 0.29) is 12.3 Å². The molecule has 0 aliphatic rings. The first kappa shape index (κ1) is 15.9. The summed E-state index contributed by atoms with van der Waals surface area (Å²) in [6.07, 6.45) is 2.86. The molecule has 0 aliphatic carbocycles. The molecule has 1 heterocycles. The van der Waals surface area contributed by atoms with Crippen molar-refractivity contribution in [1.29, 1.82) is 0 Å². The molecule has 1 aromatic carbocycles. The van der Waals surface area contributed by atoms with Crippen LogP contribution >= 0.6 is 23.2 Å². The SMILES string of the molecule is Cn1ccc(CNC(=O)CC(O)c2cc(Cl)cc(Cl)c2)c1. The standard InChI is InChI=1S/C15H16Cl2N2O2/c1-19-3-2-10(9-19)8-18-15(21)7-14(20)11-4-12(16)6-13(17)5-11/h2-6,9,14,20H,7-8H2,1H3,(H,18,21). The van der Waals surface area contributed by atoms with Gasteiger partial charge in [-0.1, -0.05) is 23.2 Å². The molecule has 1 aromatic heterocycles. The highest BCUT2D eigenvalue weighted by molar-refractivity contribution is 6.34. The number of carbonyl (C=O) groups is 1. The number of hydrogen-bond donors (Lipinski definition) is 2. The second-order valence-electron chi connectivity index (χ2n) is 4.88. The van der Waals surface area contributed by atoms with Gasteiger partial charge in [0.15, 0.2) is 0 Å². The van der Waals surface area contributed by atoms with E-state index in [9.17, 15) is 9.90 Å². The predicted molar refractivity (Wildman–Crippen MR) is 83.3 cm³/mol. The molecule has 0 spiro atoms. The van der Waals surface area contributed by atoms with Gasteiger partial charge in [0, 0.05) is 36.0 Å². The zero-order valence-corrected chi connectivity index (χ0v) is 13.0. The Labute approximate surface area is 133 Å². The highest BCUT2D eigenvalue weighted by Gasteiger charge is 2.14. The van der Waals surface area contributed by atoms with Crippen molar-refractivity contribution < 1.29 is 9.90 Å². The molecule has 2 aromatic rings. The van der Waals surface area contributed by atoms with E-state index < -0.39 is 6.10 Å². The molecular weight excluding hydrogens is 311 g/mol. The topological polar surface area (TPSA) is 54.3 Å². The summed E-state index contributed by atoms with van der Waals surface area (Å²) in [7, 11) is 1.91. The largest absolute Gasteiger partial charge is 0.388 e. The maximum absolute atomic E-state index is 11.8. The minimum atomic E-state index is -0.933. The molecule has 0 fully saturated rings. The average molecular weight is 327 g/mol. The second-order valence-corrected chi connectivity index (χ2v) is 5.76. The minimum Gasteiger partial charge on any atom is -0.388 e. The number of carbonyl (C=O) groups excluding carboxylic acids is 1. The van der Waals surface area contributed by atoms with Crippen LogP contribution in [0.3, 0.4) is 0 Å². The van der Waals surface area contributed by atoms with E-state index in [2.05, 4.69) is 5.32 Å². The van der Waals surface area contributed by atoms with Crippen LogP contribution in [0.1, 0.15) is 23.7 Å². The molecule has 21 heavy (non-hydrogen) atoms. The molecule has 1 unspecified atom stereocenters. The van der Waals surface area contributed by atoms with Gasteiger partial charge in [0.25, 0.3) is 0 Å². The van der Waals surface area contributed by atoms with Gasteiger partial charge in [-0.15, -0.1) is 0 Å². The Kier molecular flexibility index (Phi) is 5.28. The van der Waals surface area contributed by atoms with E-state index in [0.717, 1.165) is 5.56 Å². The van der Waals surface area contributed by atoms with E-state index >= 15 is 0 Å². The van der Waals surface area contributed by atoms with Crippen LogP contribution in [0.2, 0.25) is 10.0 Å². The summed E-state index contributed by atoms with van der Waals surface area (Å²) >= 11 is 11.8. The van der Waals surface area contributed by atoms with E-state index in [1.165, 1.54) is 0 Å². The van der Waals surface area contributed by atoms with Gasteiger partial charge >= 0.3 is 0 Å². The van der Waals surface area contributed by atoms with Gasteiger partial charge in [-0.25, -0.2) is 0 Å². The molecule has 0 aliphatic heterocycles. The molecule has 1 amide bonds. The first-order valence-corrected chi connectivity index (χ1v) is 7.21. The number of amides is 1. The Hall–Kier alpha value is -1.49. The second kappa shape index (κ2) is 6.98. The van der Waals surface area contributed by atoms with Crippen LogP contribution in [0, 0.1) is 0 Å². The lowest BCUT2D eigenvalue weighted by Crippen LogP contribution is -2.24. The number of aryl methyl sites for hydroxylation is 1. The highest BCUT2D eigenvalue weighted by atomic mass is 35.5. The maximum Gasteiger partial charge on any atom is 0.223 e. The Morgan fingerprint density at radius 1 is 1.33 bits per heavy atom. The number of hydrogen-bond acceptors (Lipinski definition) is 2. The van der Waals surface area contributed by atoms with Gasteiger partial charge in [0.2, 0.25) is 5.91 Å². The highest BCUT2D eigenvalue weighted by Crippen LogP contribution is 2.25.